The summed E-state index contributed by atoms with van der Waals surface area (Å²) in [5.74, 6) is 0.00228. The number of piperazine rings is 1. The van der Waals surface area contributed by atoms with Gasteiger partial charge in [-0.25, -0.2) is 0 Å². The molecule has 1 aromatic heterocycles. The van der Waals surface area contributed by atoms with E-state index < -0.39 is 11.6 Å². The van der Waals surface area contributed by atoms with Gasteiger partial charge in [0.15, 0.2) is 0 Å². The maximum absolute atomic E-state index is 13.2. The van der Waals surface area contributed by atoms with Crippen LogP contribution < -0.4 is 0 Å². The molecule has 132 valence electrons. The van der Waals surface area contributed by atoms with E-state index in [-0.39, 0.29) is 11.8 Å². The van der Waals surface area contributed by atoms with Crippen LogP contribution in [0.2, 0.25) is 0 Å². The molecule has 25 heavy (non-hydrogen) atoms. The number of amides is 2. The molecule has 3 rings (SSSR count). The number of carbonyl (C=O) groups excluding carboxylic acids is 2. The maximum atomic E-state index is 13.2. The Balaban J connectivity index is 1.87. The Morgan fingerprint density at radius 1 is 1.12 bits per heavy atom. The summed E-state index contributed by atoms with van der Waals surface area (Å²) < 4.78 is 0. The zero-order chi connectivity index (χ0) is 18.2. The van der Waals surface area contributed by atoms with E-state index in [1.54, 1.807) is 35.2 Å². The molecular weight excluding hydrogens is 332 g/mol. The average molecular weight is 356 g/mol. The second-order valence-corrected chi connectivity index (χ2v) is 7.79. The molecule has 0 spiro atoms. The Hall–Kier alpha value is -2.14. The Labute approximate surface area is 153 Å². The highest BCUT2D eigenvalue weighted by atomic mass is 32.1. The largest absolute Gasteiger partial charge is 0.331 e. The van der Waals surface area contributed by atoms with E-state index >= 15 is 0 Å². The third-order valence-corrected chi connectivity index (χ3v) is 6.28. The van der Waals surface area contributed by atoms with Crippen LogP contribution in [0.15, 0.2) is 41.1 Å². The van der Waals surface area contributed by atoms with Crippen LogP contribution in [0.3, 0.4) is 0 Å². The summed E-state index contributed by atoms with van der Waals surface area (Å²) in [6.45, 7) is 3.91. The standard InChI is InChI=1S/C20H24N2O2S/c1-14-12-25-13-16(14)10-17-18(23)22(4)20(2,19(24)21(17)3)11-15-8-6-5-7-9-15/h5-9,12-13,17H,10-11H2,1-4H3. The highest BCUT2D eigenvalue weighted by Gasteiger charge is 2.50. The molecule has 0 radical (unpaired) electrons. The van der Waals surface area contributed by atoms with Crippen molar-refractivity contribution in [3.8, 4) is 0 Å². The number of rotatable bonds is 4. The summed E-state index contributed by atoms with van der Waals surface area (Å²) in [7, 11) is 3.51. The van der Waals surface area contributed by atoms with Crippen LogP contribution in [0.1, 0.15) is 23.6 Å². The molecule has 4 nitrogen and oxygen atoms in total. The summed E-state index contributed by atoms with van der Waals surface area (Å²) in [5, 5.41) is 4.15. The molecule has 2 aromatic rings. The second kappa shape index (κ2) is 6.64. The molecule has 2 unspecified atom stereocenters. The van der Waals surface area contributed by atoms with Crippen LogP contribution in [-0.2, 0) is 22.4 Å². The van der Waals surface area contributed by atoms with Gasteiger partial charge in [-0.05, 0) is 41.3 Å². The number of hydrogen-bond acceptors (Lipinski definition) is 3. The molecule has 1 aliphatic heterocycles. The number of likely N-dealkylation sites (N-methyl/N-ethyl adjacent to an activating group) is 2. The van der Waals surface area contributed by atoms with Crippen LogP contribution in [0.25, 0.3) is 0 Å². The van der Waals surface area contributed by atoms with Crippen molar-refractivity contribution in [1.82, 2.24) is 9.80 Å². The monoisotopic (exact) mass is 356 g/mol. The lowest BCUT2D eigenvalue weighted by atomic mass is 9.85. The second-order valence-electron chi connectivity index (χ2n) is 7.05. The zero-order valence-electron chi connectivity index (χ0n) is 15.2. The fourth-order valence-electron chi connectivity index (χ4n) is 3.51. The van der Waals surface area contributed by atoms with Crippen LogP contribution in [0, 0.1) is 6.92 Å². The van der Waals surface area contributed by atoms with E-state index in [1.807, 2.05) is 44.2 Å². The molecule has 2 heterocycles. The minimum Gasteiger partial charge on any atom is -0.331 e. The van der Waals surface area contributed by atoms with Crippen LogP contribution in [0.4, 0.5) is 0 Å². The van der Waals surface area contributed by atoms with Gasteiger partial charge < -0.3 is 9.80 Å². The number of nitrogens with zero attached hydrogens (tertiary/aromatic N) is 2. The molecule has 2 atom stereocenters. The molecular formula is C20H24N2O2S. The van der Waals surface area contributed by atoms with E-state index in [4.69, 9.17) is 0 Å². The number of thiophene rings is 1. The lowest BCUT2D eigenvalue weighted by molar-refractivity contribution is -0.166. The Morgan fingerprint density at radius 3 is 2.40 bits per heavy atom. The van der Waals surface area contributed by atoms with Crippen molar-refractivity contribution in [2.75, 3.05) is 14.1 Å². The summed E-state index contributed by atoms with van der Waals surface area (Å²) in [6.07, 6.45) is 1.09. The fraction of sp³-hybridized carbons (Fsp3) is 0.400. The van der Waals surface area contributed by atoms with E-state index in [2.05, 4.69) is 10.8 Å². The number of carbonyl (C=O) groups is 2. The third-order valence-electron chi connectivity index (χ3n) is 5.37. The first-order valence-electron chi connectivity index (χ1n) is 8.45. The van der Waals surface area contributed by atoms with E-state index in [1.165, 1.54) is 5.56 Å². The lowest BCUT2D eigenvalue weighted by Gasteiger charge is -2.48. The molecule has 0 saturated carbocycles. The van der Waals surface area contributed by atoms with Crippen molar-refractivity contribution in [2.45, 2.75) is 38.3 Å². The first kappa shape index (κ1) is 17.7. The van der Waals surface area contributed by atoms with Crippen LogP contribution >= 0.6 is 11.3 Å². The smallest absolute Gasteiger partial charge is 0.249 e. The molecule has 1 aliphatic rings. The summed E-state index contributed by atoms with van der Waals surface area (Å²) in [5.41, 5.74) is 2.52. The summed E-state index contributed by atoms with van der Waals surface area (Å²) in [4.78, 5) is 29.5. The maximum Gasteiger partial charge on any atom is 0.249 e. The fourth-order valence-corrected chi connectivity index (χ4v) is 4.38. The SMILES string of the molecule is Cc1cscc1CC1C(=O)N(C)C(C)(Cc2ccccc2)C(=O)N1C. The molecule has 5 heteroatoms. The van der Waals surface area contributed by atoms with Gasteiger partial charge in [-0.1, -0.05) is 30.3 Å². The van der Waals surface area contributed by atoms with Crippen LogP contribution in [-0.4, -0.2) is 47.3 Å². The van der Waals surface area contributed by atoms with Gasteiger partial charge in [0.05, 0.1) is 0 Å². The highest BCUT2D eigenvalue weighted by Crippen LogP contribution is 2.30. The first-order valence-corrected chi connectivity index (χ1v) is 9.39. The van der Waals surface area contributed by atoms with Gasteiger partial charge in [-0.2, -0.15) is 11.3 Å². The van der Waals surface area contributed by atoms with Gasteiger partial charge in [0, 0.05) is 26.9 Å². The van der Waals surface area contributed by atoms with E-state index in [0.717, 1.165) is 11.1 Å². The van der Waals surface area contributed by atoms with E-state index in [0.29, 0.717) is 12.8 Å². The van der Waals surface area contributed by atoms with Crippen molar-refractivity contribution in [1.29, 1.82) is 0 Å². The van der Waals surface area contributed by atoms with Crippen molar-refractivity contribution in [2.24, 2.45) is 0 Å². The topological polar surface area (TPSA) is 40.6 Å². The number of aryl methyl sites for hydroxylation is 1. The Bertz CT molecular complexity index is 786. The normalized spacial score (nSPS) is 24.1. The van der Waals surface area contributed by atoms with Gasteiger partial charge in [0.1, 0.15) is 11.6 Å². The summed E-state index contributed by atoms with van der Waals surface area (Å²) in [6, 6.07) is 9.43. The minimum absolute atomic E-state index is 0.00339. The van der Waals surface area contributed by atoms with E-state index in [9.17, 15) is 9.59 Å². The predicted molar refractivity (Wildman–Crippen MR) is 101 cm³/mol. The quantitative estimate of drug-likeness (QED) is 0.845. The number of hydrogen-bond donors (Lipinski definition) is 0. The molecule has 1 fully saturated rings. The van der Waals surface area contributed by atoms with Crippen molar-refractivity contribution in [3.05, 3.63) is 57.8 Å². The van der Waals surface area contributed by atoms with Gasteiger partial charge >= 0.3 is 0 Å². The first-order chi connectivity index (χ1) is 11.8. The lowest BCUT2D eigenvalue weighted by Crippen LogP contribution is -2.69. The van der Waals surface area contributed by atoms with Gasteiger partial charge in [-0.3, -0.25) is 9.59 Å². The van der Waals surface area contributed by atoms with Crippen molar-refractivity contribution < 1.29 is 9.59 Å². The molecule has 2 amide bonds. The van der Waals surface area contributed by atoms with Crippen LogP contribution in [0.5, 0.6) is 0 Å². The van der Waals surface area contributed by atoms with Gasteiger partial charge in [0.25, 0.3) is 0 Å². The van der Waals surface area contributed by atoms with Crippen molar-refractivity contribution >= 4 is 23.2 Å². The molecule has 0 aliphatic carbocycles. The summed E-state index contributed by atoms with van der Waals surface area (Å²) >= 11 is 1.63. The number of benzene rings is 1. The van der Waals surface area contributed by atoms with Gasteiger partial charge in [-0.15, -0.1) is 0 Å². The third kappa shape index (κ3) is 3.09. The van der Waals surface area contributed by atoms with Crippen molar-refractivity contribution in [3.63, 3.8) is 0 Å². The average Bonchev–Trinajstić information content (AvgIpc) is 3.01. The molecule has 0 N–H and O–H groups in total. The Kier molecular flexibility index (Phi) is 4.69. The Morgan fingerprint density at radius 2 is 1.80 bits per heavy atom. The molecule has 0 bridgehead atoms. The highest BCUT2D eigenvalue weighted by molar-refractivity contribution is 7.08. The molecule has 1 saturated heterocycles. The predicted octanol–water partition coefficient (Wildman–Crippen LogP) is 2.90. The van der Waals surface area contributed by atoms with Gasteiger partial charge in [0.2, 0.25) is 11.8 Å². The molecule has 1 aromatic carbocycles. The minimum atomic E-state index is -0.854. The zero-order valence-corrected chi connectivity index (χ0v) is 16.0.